The molecule has 1 aromatic carbocycles. The molecule has 1 N–H and O–H groups in total. The van der Waals surface area contributed by atoms with Crippen molar-refractivity contribution in [2.45, 2.75) is 77.7 Å². The summed E-state index contributed by atoms with van der Waals surface area (Å²) in [6.07, 6.45) is 8.93. The van der Waals surface area contributed by atoms with Crippen LogP contribution in [0.3, 0.4) is 0 Å². The van der Waals surface area contributed by atoms with Crippen LogP contribution >= 0.6 is 11.6 Å². The maximum absolute atomic E-state index is 6.28. The summed E-state index contributed by atoms with van der Waals surface area (Å²) in [7, 11) is 0. The topological polar surface area (TPSA) is 28.2 Å². The molecule has 1 aliphatic carbocycles. The number of nitrogens with one attached hydrogen (secondary N) is 1. The maximum atomic E-state index is 6.28. The Morgan fingerprint density at radius 3 is 2.61 bits per heavy atom. The molecule has 0 aliphatic heterocycles. The van der Waals surface area contributed by atoms with E-state index in [2.05, 4.69) is 43.1 Å². The highest BCUT2D eigenvalue weighted by molar-refractivity contribution is 6.31. The van der Waals surface area contributed by atoms with Crippen LogP contribution in [-0.4, -0.2) is 35.6 Å². The molecule has 0 bridgehead atoms. The van der Waals surface area contributed by atoms with Gasteiger partial charge in [0, 0.05) is 33.7 Å². The van der Waals surface area contributed by atoms with Crippen LogP contribution in [0.25, 0.3) is 10.9 Å². The summed E-state index contributed by atoms with van der Waals surface area (Å²) in [5.74, 6) is 0.593. The van der Waals surface area contributed by atoms with Crippen molar-refractivity contribution in [3.63, 3.8) is 0 Å². The normalized spacial score (nSPS) is 16.6. The number of fused-ring (bicyclic) bond motifs is 1. The first kappa shape index (κ1) is 21.4. The molecule has 1 heterocycles. The molecule has 1 saturated carbocycles. The first-order valence-electron chi connectivity index (χ1n) is 11.2. The molecule has 3 nitrogen and oxygen atoms in total. The molecule has 1 unspecified atom stereocenters. The van der Waals surface area contributed by atoms with Gasteiger partial charge in [-0.3, -0.25) is 4.98 Å². The number of rotatable bonds is 9. The highest BCUT2D eigenvalue weighted by Crippen LogP contribution is 2.35. The summed E-state index contributed by atoms with van der Waals surface area (Å²) < 4.78 is 0. The number of halogens is 1. The molecular weight excluding hydrogens is 366 g/mol. The van der Waals surface area contributed by atoms with E-state index < -0.39 is 0 Å². The van der Waals surface area contributed by atoms with Crippen molar-refractivity contribution in [2.75, 3.05) is 25.0 Å². The SMILES string of the molecule is CCN(CC)CCCC(C)Nc1cc(C2CCCCC2)nc2cc(Cl)ccc12. The van der Waals surface area contributed by atoms with Crippen LogP contribution in [0.4, 0.5) is 5.69 Å². The van der Waals surface area contributed by atoms with Gasteiger partial charge >= 0.3 is 0 Å². The minimum absolute atomic E-state index is 0.441. The minimum atomic E-state index is 0.441. The van der Waals surface area contributed by atoms with Gasteiger partial charge in [0.25, 0.3) is 0 Å². The maximum Gasteiger partial charge on any atom is 0.0741 e. The fourth-order valence-corrected chi connectivity index (χ4v) is 4.61. The zero-order valence-corrected chi connectivity index (χ0v) is 18.6. The minimum Gasteiger partial charge on any atom is -0.382 e. The third kappa shape index (κ3) is 5.61. The number of hydrogen-bond acceptors (Lipinski definition) is 3. The summed E-state index contributed by atoms with van der Waals surface area (Å²) in [5.41, 5.74) is 3.48. The Bertz CT molecular complexity index is 751. The standard InChI is InChI=1S/C24H36ClN3/c1-4-28(5-2)15-9-10-18(3)26-24-17-22(19-11-7-6-8-12-19)27-23-16-20(25)13-14-21(23)24/h13-14,16-19H,4-12,15H2,1-3H3,(H,26,27). The van der Waals surface area contributed by atoms with Crippen LogP contribution in [0.15, 0.2) is 24.3 Å². The van der Waals surface area contributed by atoms with Gasteiger partial charge in [0.1, 0.15) is 0 Å². The van der Waals surface area contributed by atoms with Crippen molar-refractivity contribution in [1.82, 2.24) is 9.88 Å². The zero-order chi connectivity index (χ0) is 19.9. The molecule has 0 amide bonds. The molecule has 4 heteroatoms. The predicted octanol–water partition coefficient (Wildman–Crippen LogP) is 6.86. The van der Waals surface area contributed by atoms with E-state index in [1.54, 1.807) is 0 Å². The summed E-state index contributed by atoms with van der Waals surface area (Å²) in [5, 5.41) is 5.74. The van der Waals surface area contributed by atoms with Crippen molar-refractivity contribution < 1.29 is 0 Å². The van der Waals surface area contributed by atoms with Crippen LogP contribution in [0.2, 0.25) is 5.02 Å². The Kier molecular flexibility index (Phi) is 7.99. The number of pyridine rings is 1. The summed E-state index contributed by atoms with van der Waals surface area (Å²) in [6, 6.07) is 8.85. The number of anilines is 1. The Morgan fingerprint density at radius 2 is 1.89 bits per heavy atom. The number of hydrogen-bond donors (Lipinski definition) is 1. The quantitative estimate of drug-likeness (QED) is 0.497. The molecule has 28 heavy (non-hydrogen) atoms. The molecule has 1 atom stereocenters. The monoisotopic (exact) mass is 401 g/mol. The summed E-state index contributed by atoms with van der Waals surface area (Å²) in [6.45, 7) is 10.2. The van der Waals surface area contributed by atoms with Crippen LogP contribution in [0, 0.1) is 0 Å². The molecule has 154 valence electrons. The lowest BCUT2D eigenvalue weighted by atomic mass is 9.86. The van der Waals surface area contributed by atoms with Crippen molar-refractivity contribution in [3.05, 3.63) is 35.0 Å². The molecule has 3 rings (SSSR count). The number of benzene rings is 1. The van der Waals surface area contributed by atoms with Gasteiger partial charge < -0.3 is 10.2 Å². The van der Waals surface area contributed by atoms with Crippen LogP contribution in [0.1, 0.15) is 77.3 Å². The molecule has 2 aromatic rings. The van der Waals surface area contributed by atoms with Gasteiger partial charge in [0.2, 0.25) is 0 Å². The fraction of sp³-hybridized carbons (Fsp3) is 0.625. The second-order valence-electron chi connectivity index (χ2n) is 8.31. The third-order valence-electron chi connectivity index (χ3n) is 6.22. The van der Waals surface area contributed by atoms with Gasteiger partial charge in [0.05, 0.1) is 5.52 Å². The number of aromatic nitrogens is 1. The lowest BCUT2D eigenvalue weighted by molar-refractivity contribution is 0.295. The van der Waals surface area contributed by atoms with Crippen LogP contribution in [0.5, 0.6) is 0 Å². The van der Waals surface area contributed by atoms with Gasteiger partial charge in [-0.05, 0) is 76.5 Å². The lowest BCUT2D eigenvalue weighted by Gasteiger charge is -2.24. The van der Waals surface area contributed by atoms with Crippen LogP contribution < -0.4 is 5.32 Å². The zero-order valence-electron chi connectivity index (χ0n) is 17.8. The van der Waals surface area contributed by atoms with E-state index in [0.717, 1.165) is 23.6 Å². The van der Waals surface area contributed by atoms with Gasteiger partial charge in [-0.15, -0.1) is 0 Å². The smallest absolute Gasteiger partial charge is 0.0741 e. The predicted molar refractivity (Wildman–Crippen MR) is 123 cm³/mol. The van der Waals surface area contributed by atoms with Gasteiger partial charge in [-0.2, -0.15) is 0 Å². The third-order valence-corrected chi connectivity index (χ3v) is 6.46. The second kappa shape index (κ2) is 10.5. The fourth-order valence-electron chi connectivity index (χ4n) is 4.45. The van der Waals surface area contributed by atoms with Crippen molar-refractivity contribution in [2.24, 2.45) is 0 Å². The largest absolute Gasteiger partial charge is 0.382 e. The average molecular weight is 402 g/mol. The van der Waals surface area contributed by atoms with E-state index in [1.807, 2.05) is 12.1 Å². The van der Waals surface area contributed by atoms with Crippen LogP contribution in [-0.2, 0) is 0 Å². The van der Waals surface area contributed by atoms with E-state index >= 15 is 0 Å². The first-order chi connectivity index (χ1) is 13.6. The first-order valence-corrected chi connectivity index (χ1v) is 11.6. The van der Waals surface area contributed by atoms with E-state index in [1.165, 1.54) is 68.3 Å². The highest BCUT2D eigenvalue weighted by atomic mass is 35.5. The molecule has 0 radical (unpaired) electrons. The summed E-state index contributed by atoms with van der Waals surface area (Å²) in [4.78, 5) is 7.50. The van der Waals surface area contributed by atoms with E-state index in [0.29, 0.717) is 12.0 Å². The van der Waals surface area contributed by atoms with Gasteiger partial charge in [0.15, 0.2) is 0 Å². The van der Waals surface area contributed by atoms with Crippen molar-refractivity contribution >= 4 is 28.2 Å². The van der Waals surface area contributed by atoms with E-state index in [9.17, 15) is 0 Å². The number of nitrogens with zero attached hydrogens (tertiary/aromatic N) is 2. The van der Waals surface area contributed by atoms with Crippen molar-refractivity contribution in [1.29, 1.82) is 0 Å². The molecule has 0 spiro atoms. The average Bonchev–Trinajstić information content (AvgIpc) is 2.71. The Labute approximate surface area is 175 Å². The second-order valence-corrected chi connectivity index (χ2v) is 8.74. The molecule has 1 aromatic heterocycles. The Morgan fingerprint density at radius 1 is 1.14 bits per heavy atom. The van der Waals surface area contributed by atoms with E-state index in [-0.39, 0.29) is 0 Å². The highest BCUT2D eigenvalue weighted by Gasteiger charge is 2.19. The molecular formula is C24H36ClN3. The van der Waals surface area contributed by atoms with Gasteiger partial charge in [-0.25, -0.2) is 0 Å². The Balaban J connectivity index is 1.76. The molecule has 1 aliphatic rings. The molecule has 0 saturated heterocycles. The Hall–Kier alpha value is -1.32. The van der Waals surface area contributed by atoms with Gasteiger partial charge in [-0.1, -0.05) is 44.7 Å². The lowest BCUT2D eigenvalue weighted by Crippen LogP contribution is -2.25. The van der Waals surface area contributed by atoms with E-state index in [4.69, 9.17) is 16.6 Å². The van der Waals surface area contributed by atoms with Crippen molar-refractivity contribution in [3.8, 4) is 0 Å². The summed E-state index contributed by atoms with van der Waals surface area (Å²) >= 11 is 6.28. The molecule has 1 fully saturated rings.